The van der Waals surface area contributed by atoms with E-state index in [1.54, 1.807) is 0 Å². The number of hydrogen-bond acceptors (Lipinski definition) is 3. The zero-order valence-corrected chi connectivity index (χ0v) is 8.74. The Balaban J connectivity index is 2.25. The third-order valence-corrected chi connectivity index (χ3v) is 2.93. The number of aliphatic hydroxyl groups excluding tert-OH is 1. The van der Waals surface area contributed by atoms with E-state index in [2.05, 4.69) is 18.7 Å². The maximum atomic E-state index is 8.92. The van der Waals surface area contributed by atoms with Crippen LogP contribution in [0.2, 0.25) is 0 Å². The smallest absolute Gasteiger partial charge is 0.0468 e. The van der Waals surface area contributed by atoms with E-state index >= 15 is 0 Å². The molecule has 0 bridgehead atoms. The van der Waals surface area contributed by atoms with Gasteiger partial charge in [-0.2, -0.15) is 0 Å². The van der Waals surface area contributed by atoms with Gasteiger partial charge in [0.15, 0.2) is 0 Å². The van der Waals surface area contributed by atoms with Crippen LogP contribution in [0.1, 0.15) is 20.3 Å². The topological polar surface area (TPSA) is 49.5 Å². The molecule has 0 aliphatic carbocycles. The molecule has 0 radical (unpaired) electrons. The number of aliphatic hydroxyl groups is 1. The zero-order valence-electron chi connectivity index (χ0n) is 8.74. The van der Waals surface area contributed by atoms with Crippen molar-refractivity contribution in [3.63, 3.8) is 0 Å². The molecule has 1 fully saturated rings. The Labute approximate surface area is 80.9 Å². The van der Waals surface area contributed by atoms with Gasteiger partial charge in [0, 0.05) is 25.7 Å². The van der Waals surface area contributed by atoms with Gasteiger partial charge in [-0.25, -0.2) is 0 Å². The molecule has 1 heterocycles. The first-order chi connectivity index (χ1) is 6.13. The minimum Gasteiger partial charge on any atom is -0.396 e. The first kappa shape index (κ1) is 11.0. The molecule has 3 N–H and O–H groups in total. The first-order valence-electron chi connectivity index (χ1n) is 5.22. The van der Waals surface area contributed by atoms with Gasteiger partial charge in [0.2, 0.25) is 0 Å². The van der Waals surface area contributed by atoms with E-state index in [0.29, 0.717) is 24.5 Å². The van der Waals surface area contributed by atoms with Crippen molar-refractivity contribution in [2.24, 2.45) is 17.6 Å². The number of nitrogens with two attached hydrogens (primary N) is 1. The van der Waals surface area contributed by atoms with Crippen LogP contribution in [-0.4, -0.2) is 42.3 Å². The molecule has 78 valence electrons. The summed E-state index contributed by atoms with van der Waals surface area (Å²) in [6, 6.07) is 0.314. The Morgan fingerprint density at radius 3 is 2.69 bits per heavy atom. The highest BCUT2D eigenvalue weighted by Gasteiger charge is 2.25. The Bertz CT molecular complexity index is 150. The summed E-state index contributed by atoms with van der Waals surface area (Å²) in [7, 11) is 0. The van der Waals surface area contributed by atoms with Gasteiger partial charge in [0.05, 0.1) is 0 Å². The predicted octanol–water partition coefficient (Wildman–Crippen LogP) is 0.284. The number of likely N-dealkylation sites (tertiary alicyclic amines) is 1. The fraction of sp³-hybridized carbons (Fsp3) is 1.00. The van der Waals surface area contributed by atoms with Crippen LogP contribution in [-0.2, 0) is 0 Å². The molecule has 0 amide bonds. The highest BCUT2D eigenvalue weighted by atomic mass is 16.3. The lowest BCUT2D eigenvalue weighted by atomic mass is 10.0. The normalized spacial score (nSPS) is 29.1. The summed E-state index contributed by atoms with van der Waals surface area (Å²) < 4.78 is 0. The van der Waals surface area contributed by atoms with E-state index in [4.69, 9.17) is 10.8 Å². The standard InChI is InChI=1S/C10H22N2O/c1-8(7-13)5-12-4-3-10(6-12)9(2)11/h8-10,13H,3-7,11H2,1-2H3. The molecule has 1 aliphatic heterocycles. The molecule has 3 atom stereocenters. The molecule has 1 aliphatic rings. The highest BCUT2D eigenvalue weighted by molar-refractivity contribution is 4.81. The van der Waals surface area contributed by atoms with Crippen molar-refractivity contribution in [3.8, 4) is 0 Å². The molecule has 3 heteroatoms. The molecule has 0 aromatic carbocycles. The summed E-state index contributed by atoms with van der Waals surface area (Å²) >= 11 is 0. The third-order valence-electron chi connectivity index (χ3n) is 2.93. The van der Waals surface area contributed by atoms with Gasteiger partial charge in [0.25, 0.3) is 0 Å². The minimum atomic E-state index is 0.291. The maximum absolute atomic E-state index is 8.92. The number of nitrogens with zero attached hydrogens (tertiary/aromatic N) is 1. The van der Waals surface area contributed by atoms with E-state index in [-0.39, 0.29) is 0 Å². The lowest BCUT2D eigenvalue weighted by Crippen LogP contribution is -2.32. The largest absolute Gasteiger partial charge is 0.396 e. The highest BCUT2D eigenvalue weighted by Crippen LogP contribution is 2.19. The van der Waals surface area contributed by atoms with Crippen molar-refractivity contribution in [3.05, 3.63) is 0 Å². The summed E-state index contributed by atoms with van der Waals surface area (Å²) in [5.74, 6) is 1.05. The van der Waals surface area contributed by atoms with Crippen LogP contribution < -0.4 is 5.73 Å². The second-order valence-electron chi connectivity index (χ2n) is 4.46. The summed E-state index contributed by atoms with van der Waals surface area (Å²) in [6.45, 7) is 7.74. The lowest BCUT2D eigenvalue weighted by molar-refractivity contribution is 0.187. The predicted molar refractivity (Wildman–Crippen MR) is 54.4 cm³/mol. The van der Waals surface area contributed by atoms with Crippen LogP contribution in [0.3, 0.4) is 0 Å². The van der Waals surface area contributed by atoms with Gasteiger partial charge >= 0.3 is 0 Å². The number of rotatable bonds is 4. The zero-order chi connectivity index (χ0) is 9.84. The SMILES string of the molecule is CC(CO)CN1CCC(C(C)N)C1. The molecule has 1 rings (SSSR count). The molecule has 1 saturated heterocycles. The summed E-state index contributed by atoms with van der Waals surface area (Å²) in [5.41, 5.74) is 5.85. The summed E-state index contributed by atoms with van der Waals surface area (Å²) in [4.78, 5) is 2.41. The van der Waals surface area contributed by atoms with Crippen molar-refractivity contribution >= 4 is 0 Å². The van der Waals surface area contributed by atoms with E-state index in [1.807, 2.05) is 0 Å². The Hall–Kier alpha value is -0.120. The second kappa shape index (κ2) is 4.94. The van der Waals surface area contributed by atoms with E-state index in [0.717, 1.165) is 19.6 Å². The van der Waals surface area contributed by atoms with Gasteiger partial charge in [0.1, 0.15) is 0 Å². The molecule has 0 saturated carbocycles. The molecule has 3 unspecified atom stereocenters. The van der Waals surface area contributed by atoms with Crippen LogP contribution in [0.4, 0.5) is 0 Å². The van der Waals surface area contributed by atoms with E-state index in [9.17, 15) is 0 Å². The quantitative estimate of drug-likeness (QED) is 0.663. The fourth-order valence-electron chi connectivity index (χ4n) is 1.96. The lowest BCUT2D eigenvalue weighted by Gasteiger charge is -2.20. The van der Waals surface area contributed by atoms with Crippen molar-refractivity contribution in [1.82, 2.24) is 4.90 Å². The van der Waals surface area contributed by atoms with Crippen LogP contribution in [0, 0.1) is 11.8 Å². The third kappa shape index (κ3) is 3.25. The van der Waals surface area contributed by atoms with Gasteiger partial charge in [-0.3, -0.25) is 0 Å². The minimum absolute atomic E-state index is 0.291. The van der Waals surface area contributed by atoms with Crippen LogP contribution in [0.5, 0.6) is 0 Å². The fourth-order valence-corrected chi connectivity index (χ4v) is 1.96. The van der Waals surface area contributed by atoms with Crippen LogP contribution in [0.15, 0.2) is 0 Å². The van der Waals surface area contributed by atoms with Crippen molar-refractivity contribution in [2.75, 3.05) is 26.2 Å². The average molecular weight is 186 g/mol. The Kier molecular flexibility index (Phi) is 4.16. The summed E-state index contributed by atoms with van der Waals surface area (Å²) in [6.07, 6.45) is 1.22. The molecule has 3 nitrogen and oxygen atoms in total. The monoisotopic (exact) mass is 186 g/mol. The van der Waals surface area contributed by atoms with Crippen molar-refractivity contribution in [1.29, 1.82) is 0 Å². The molecule has 0 spiro atoms. The van der Waals surface area contributed by atoms with E-state index < -0.39 is 0 Å². The van der Waals surface area contributed by atoms with Crippen LogP contribution >= 0.6 is 0 Å². The van der Waals surface area contributed by atoms with Crippen LogP contribution in [0.25, 0.3) is 0 Å². The molecule has 0 aromatic rings. The molecular formula is C10H22N2O. The van der Waals surface area contributed by atoms with Gasteiger partial charge in [-0.05, 0) is 31.7 Å². The molecule has 0 aromatic heterocycles. The van der Waals surface area contributed by atoms with Gasteiger partial charge in [-0.1, -0.05) is 6.92 Å². The summed E-state index contributed by atoms with van der Waals surface area (Å²) in [5, 5.41) is 8.92. The number of hydrogen-bond donors (Lipinski definition) is 2. The Morgan fingerprint density at radius 2 is 2.23 bits per heavy atom. The average Bonchev–Trinajstić information content (AvgIpc) is 2.52. The van der Waals surface area contributed by atoms with E-state index in [1.165, 1.54) is 6.42 Å². The van der Waals surface area contributed by atoms with Crippen molar-refractivity contribution in [2.45, 2.75) is 26.3 Å². The van der Waals surface area contributed by atoms with Gasteiger partial charge < -0.3 is 15.7 Å². The molecule has 13 heavy (non-hydrogen) atoms. The maximum Gasteiger partial charge on any atom is 0.0468 e. The molecular weight excluding hydrogens is 164 g/mol. The second-order valence-corrected chi connectivity index (χ2v) is 4.46. The van der Waals surface area contributed by atoms with Crippen molar-refractivity contribution < 1.29 is 5.11 Å². The van der Waals surface area contributed by atoms with Gasteiger partial charge in [-0.15, -0.1) is 0 Å². The first-order valence-corrected chi connectivity index (χ1v) is 5.22. The Morgan fingerprint density at radius 1 is 1.54 bits per heavy atom.